The third-order valence-corrected chi connectivity index (χ3v) is 6.15. The zero-order valence-corrected chi connectivity index (χ0v) is 16.3. The van der Waals surface area contributed by atoms with Crippen LogP contribution in [0.15, 0.2) is 30.5 Å². The molecule has 2 fully saturated rings. The number of hydrogen-bond acceptors (Lipinski definition) is 3. The lowest BCUT2D eigenvalue weighted by Crippen LogP contribution is -2.31. The maximum absolute atomic E-state index is 13.0. The third kappa shape index (κ3) is 4.26. The van der Waals surface area contributed by atoms with E-state index in [0.29, 0.717) is 0 Å². The van der Waals surface area contributed by atoms with E-state index in [4.69, 9.17) is 0 Å². The van der Waals surface area contributed by atoms with E-state index in [1.165, 1.54) is 57.1 Å². The van der Waals surface area contributed by atoms with Gasteiger partial charge in [0.05, 0.1) is 23.1 Å². The molecular weight excluding hydrogens is 334 g/mol. The van der Waals surface area contributed by atoms with Gasteiger partial charge in [-0.1, -0.05) is 50.3 Å². The minimum absolute atomic E-state index is 0.144. The number of aromatic nitrogens is 1. The van der Waals surface area contributed by atoms with Crippen molar-refractivity contribution in [3.05, 3.63) is 30.5 Å². The summed E-state index contributed by atoms with van der Waals surface area (Å²) in [5.41, 5.74) is 3.06. The highest BCUT2D eigenvalue weighted by molar-refractivity contribution is 6.03. The molecule has 2 heterocycles. The van der Waals surface area contributed by atoms with E-state index in [9.17, 15) is 4.79 Å². The number of fused-ring (bicyclic) bond motifs is 1. The molecule has 27 heavy (non-hydrogen) atoms. The Morgan fingerprint density at radius 1 is 0.926 bits per heavy atom. The normalized spacial score (nSPS) is 19.5. The summed E-state index contributed by atoms with van der Waals surface area (Å²) >= 11 is 0. The van der Waals surface area contributed by atoms with Gasteiger partial charge in [0, 0.05) is 24.4 Å². The Morgan fingerprint density at radius 2 is 1.59 bits per heavy atom. The molecule has 0 radical (unpaired) electrons. The van der Waals surface area contributed by atoms with Crippen LogP contribution < -0.4 is 10.2 Å². The predicted molar refractivity (Wildman–Crippen MR) is 112 cm³/mol. The number of hydrogen-bond donors (Lipinski definition) is 1. The highest BCUT2D eigenvalue weighted by Gasteiger charge is 2.23. The van der Waals surface area contributed by atoms with Crippen molar-refractivity contribution >= 4 is 28.2 Å². The molecule has 1 aliphatic heterocycles. The van der Waals surface area contributed by atoms with Gasteiger partial charge in [0.25, 0.3) is 0 Å². The summed E-state index contributed by atoms with van der Waals surface area (Å²) in [7, 11) is 0. The van der Waals surface area contributed by atoms with Gasteiger partial charge in [-0.2, -0.15) is 0 Å². The van der Waals surface area contributed by atoms with E-state index >= 15 is 0 Å². The van der Waals surface area contributed by atoms with Crippen molar-refractivity contribution in [2.24, 2.45) is 5.92 Å². The topological polar surface area (TPSA) is 45.2 Å². The number of rotatable bonds is 3. The molecule has 1 N–H and O–H groups in total. The molecular formula is C23H31N3O. The zero-order chi connectivity index (χ0) is 18.5. The first-order chi connectivity index (χ1) is 13.3. The number of piperidine rings is 1. The number of benzene rings is 1. The molecule has 1 amide bonds. The standard InChI is InChI=1S/C23H31N3O/c27-23(18-11-5-2-1-3-6-12-18)25-21-17-24-20-14-8-7-13-19(20)22(21)26-15-9-4-10-16-26/h7-8,13-14,17-18H,1-6,9-12,15-16H2,(H,25,27). The molecule has 0 unspecified atom stereocenters. The van der Waals surface area contributed by atoms with E-state index in [0.717, 1.165) is 42.5 Å². The van der Waals surface area contributed by atoms with Gasteiger partial charge < -0.3 is 10.2 Å². The zero-order valence-electron chi connectivity index (χ0n) is 16.3. The SMILES string of the molecule is O=C(Nc1cnc2ccccc2c1N1CCCCC1)C1CCCCCCC1. The molecule has 0 spiro atoms. The smallest absolute Gasteiger partial charge is 0.227 e. The highest BCUT2D eigenvalue weighted by Crippen LogP contribution is 2.36. The molecule has 1 saturated heterocycles. The summed E-state index contributed by atoms with van der Waals surface area (Å²) in [6.07, 6.45) is 13.8. The number of nitrogens with one attached hydrogen (secondary N) is 1. The van der Waals surface area contributed by atoms with Crippen LogP contribution in [0.3, 0.4) is 0 Å². The number of carbonyl (C=O) groups excluding carboxylic acids is 1. The van der Waals surface area contributed by atoms with Crippen molar-refractivity contribution in [2.75, 3.05) is 23.3 Å². The van der Waals surface area contributed by atoms with Crippen LogP contribution in [0, 0.1) is 5.92 Å². The van der Waals surface area contributed by atoms with Gasteiger partial charge in [-0.25, -0.2) is 0 Å². The van der Waals surface area contributed by atoms with Gasteiger partial charge in [-0.05, 0) is 38.2 Å². The summed E-state index contributed by atoms with van der Waals surface area (Å²) in [5, 5.41) is 4.42. The molecule has 144 valence electrons. The molecule has 1 saturated carbocycles. The lowest BCUT2D eigenvalue weighted by atomic mass is 9.90. The van der Waals surface area contributed by atoms with Crippen molar-refractivity contribution in [3.63, 3.8) is 0 Å². The quantitative estimate of drug-likeness (QED) is 0.778. The lowest BCUT2D eigenvalue weighted by Gasteiger charge is -2.32. The van der Waals surface area contributed by atoms with Crippen LogP contribution in [0.5, 0.6) is 0 Å². The van der Waals surface area contributed by atoms with Gasteiger partial charge in [0.2, 0.25) is 5.91 Å². The monoisotopic (exact) mass is 365 g/mol. The predicted octanol–water partition coefficient (Wildman–Crippen LogP) is 5.52. The first kappa shape index (κ1) is 18.3. The van der Waals surface area contributed by atoms with E-state index in [1.54, 1.807) is 0 Å². The second kappa shape index (κ2) is 8.73. The van der Waals surface area contributed by atoms with Crippen LogP contribution in [0.4, 0.5) is 11.4 Å². The molecule has 0 bridgehead atoms. The van der Waals surface area contributed by atoms with Crippen molar-refractivity contribution in [1.29, 1.82) is 0 Å². The second-order valence-corrected chi connectivity index (χ2v) is 8.12. The van der Waals surface area contributed by atoms with Crippen molar-refractivity contribution < 1.29 is 4.79 Å². The van der Waals surface area contributed by atoms with Crippen LogP contribution in [0.25, 0.3) is 10.9 Å². The summed E-state index contributed by atoms with van der Waals surface area (Å²) in [4.78, 5) is 20.1. The fourth-order valence-corrected chi connectivity index (χ4v) is 4.63. The fourth-order valence-electron chi connectivity index (χ4n) is 4.63. The minimum atomic E-state index is 0.144. The van der Waals surface area contributed by atoms with Crippen LogP contribution in [0.1, 0.15) is 64.2 Å². The number of pyridine rings is 1. The first-order valence-electron chi connectivity index (χ1n) is 10.8. The average molecular weight is 366 g/mol. The number of carbonyl (C=O) groups is 1. The van der Waals surface area contributed by atoms with E-state index in [2.05, 4.69) is 33.4 Å². The molecule has 1 aromatic carbocycles. The average Bonchev–Trinajstić information content (AvgIpc) is 2.68. The Kier molecular flexibility index (Phi) is 5.90. The maximum atomic E-state index is 13.0. The summed E-state index contributed by atoms with van der Waals surface area (Å²) < 4.78 is 0. The van der Waals surface area contributed by atoms with Gasteiger partial charge >= 0.3 is 0 Å². The van der Waals surface area contributed by atoms with E-state index in [-0.39, 0.29) is 11.8 Å². The molecule has 4 rings (SSSR count). The van der Waals surface area contributed by atoms with Crippen molar-refractivity contribution in [1.82, 2.24) is 4.98 Å². The lowest BCUT2D eigenvalue weighted by molar-refractivity contribution is -0.120. The fraction of sp³-hybridized carbons (Fsp3) is 0.565. The van der Waals surface area contributed by atoms with Crippen molar-refractivity contribution in [3.8, 4) is 0 Å². The summed E-state index contributed by atoms with van der Waals surface area (Å²) in [6.45, 7) is 2.11. The molecule has 1 aromatic heterocycles. The summed E-state index contributed by atoms with van der Waals surface area (Å²) in [6, 6.07) is 8.29. The Balaban J connectivity index is 1.62. The molecule has 4 heteroatoms. The van der Waals surface area contributed by atoms with Gasteiger partial charge in [0.15, 0.2) is 0 Å². The minimum Gasteiger partial charge on any atom is -0.369 e. The van der Waals surface area contributed by atoms with E-state index < -0.39 is 0 Å². The Labute approximate surface area is 162 Å². The Hall–Kier alpha value is -2.10. The number of amides is 1. The molecule has 4 nitrogen and oxygen atoms in total. The first-order valence-corrected chi connectivity index (χ1v) is 10.8. The van der Waals surface area contributed by atoms with Gasteiger partial charge in [-0.3, -0.25) is 9.78 Å². The molecule has 0 atom stereocenters. The second-order valence-electron chi connectivity index (χ2n) is 8.12. The van der Waals surface area contributed by atoms with Crippen molar-refractivity contribution in [2.45, 2.75) is 64.2 Å². The van der Waals surface area contributed by atoms with Crippen LogP contribution in [0.2, 0.25) is 0 Å². The van der Waals surface area contributed by atoms with Gasteiger partial charge in [-0.15, -0.1) is 0 Å². The van der Waals surface area contributed by atoms with Gasteiger partial charge in [0.1, 0.15) is 0 Å². The van der Waals surface area contributed by atoms with Crippen LogP contribution in [-0.4, -0.2) is 24.0 Å². The number of nitrogens with zero attached hydrogens (tertiary/aromatic N) is 2. The van der Waals surface area contributed by atoms with E-state index in [1.807, 2.05) is 12.3 Å². The van der Waals surface area contributed by atoms with Crippen LogP contribution in [-0.2, 0) is 4.79 Å². The molecule has 1 aliphatic carbocycles. The Bertz CT molecular complexity index is 774. The number of para-hydroxylation sites is 1. The van der Waals surface area contributed by atoms with Crippen LogP contribution >= 0.6 is 0 Å². The third-order valence-electron chi connectivity index (χ3n) is 6.15. The molecule has 2 aliphatic rings. The molecule has 2 aromatic rings. The number of anilines is 2. The Morgan fingerprint density at radius 3 is 2.37 bits per heavy atom. The maximum Gasteiger partial charge on any atom is 0.227 e. The highest BCUT2D eigenvalue weighted by atomic mass is 16.1. The largest absolute Gasteiger partial charge is 0.369 e. The summed E-state index contributed by atoms with van der Waals surface area (Å²) in [5.74, 6) is 0.332.